The Labute approximate surface area is 173 Å². The number of benzene rings is 1. The van der Waals surface area contributed by atoms with Crippen LogP contribution in [0.25, 0.3) is 0 Å². The van der Waals surface area contributed by atoms with E-state index in [1.54, 1.807) is 7.05 Å². The summed E-state index contributed by atoms with van der Waals surface area (Å²) in [7, 11) is -1.56. The van der Waals surface area contributed by atoms with Crippen LogP contribution in [-0.4, -0.2) is 52.9 Å². The molecule has 9 heteroatoms. The first-order valence-electron chi connectivity index (χ1n) is 8.37. The Bertz CT molecular complexity index is 736. The molecule has 1 aliphatic heterocycles. The minimum Gasteiger partial charge on any atom is -0.493 e. The highest BCUT2D eigenvalue weighted by molar-refractivity contribution is 14.0. The number of guanidine groups is 1. The van der Waals surface area contributed by atoms with Gasteiger partial charge in [-0.05, 0) is 37.5 Å². The number of nitrogens with zero attached hydrogens (tertiary/aromatic N) is 1. The van der Waals surface area contributed by atoms with Crippen molar-refractivity contribution in [2.45, 2.75) is 32.2 Å². The molecule has 1 aromatic rings. The third-order valence-corrected chi connectivity index (χ3v) is 4.77. The number of hydrogen-bond donors (Lipinski definition) is 3. The van der Waals surface area contributed by atoms with Crippen LogP contribution in [0.5, 0.6) is 5.75 Å². The highest BCUT2D eigenvalue weighted by atomic mass is 127. The minimum atomic E-state index is -3.26. The lowest BCUT2D eigenvalue weighted by Gasteiger charge is -2.26. The van der Waals surface area contributed by atoms with Gasteiger partial charge < -0.3 is 15.4 Å². The number of ether oxygens (including phenoxy) is 1. The van der Waals surface area contributed by atoms with Gasteiger partial charge in [0.15, 0.2) is 5.96 Å². The Hall–Kier alpha value is -1.07. The Balaban J connectivity index is 0.00000338. The normalized spacial score (nSPS) is 14.2. The molecule has 0 saturated heterocycles. The standard InChI is InChI=1S/C17H28N4O3S.HI/c1-17(2,21-25(4,22)23)12-20-16(18-3)19-9-7-13-5-6-15-14(11-13)8-10-24-15;/h5-6,11,21H,7-10,12H2,1-4H3,(H2,18,19,20);1H. The lowest BCUT2D eigenvalue weighted by molar-refractivity contribution is 0.357. The molecule has 0 radical (unpaired) electrons. The van der Waals surface area contributed by atoms with Crippen LogP contribution in [0, 0.1) is 0 Å². The van der Waals surface area contributed by atoms with E-state index in [0.717, 1.165) is 38.0 Å². The highest BCUT2D eigenvalue weighted by Crippen LogP contribution is 2.25. The van der Waals surface area contributed by atoms with Crippen LogP contribution in [0.4, 0.5) is 0 Å². The average Bonchev–Trinajstić information content (AvgIpc) is 2.95. The van der Waals surface area contributed by atoms with Crippen LogP contribution in [-0.2, 0) is 22.9 Å². The fourth-order valence-corrected chi connectivity index (χ4v) is 3.86. The largest absolute Gasteiger partial charge is 0.493 e. The van der Waals surface area contributed by atoms with Crippen molar-refractivity contribution in [3.63, 3.8) is 0 Å². The third-order valence-electron chi connectivity index (χ3n) is 3.84. The van der Waals surface area contributed by atoms with Crippen LogP contribution in [0.3, 0.4) is 0 Å². The summed E-state index contributed by atoms with van der Waals surface area (Å²) in [6, 6.07) is 6.31. The van der Waals surface area contributed by atoms with E-state index in [1.807, 2.05) is 19.9 Å². The van der Waals surface area contributed by atoms with E-state index in [2.05, 4.69) is 32.5 Å². The maximum absolute atomic E-state index is 11.4. The molecule has 1 aliphatic rings. The number of fused-ring (bicyclic) bond motifs is 1. The van der Waals surface area contributed by atoms with Crippen molar-refractivity contribution in [3.05, 3.63) is 29.3 Å². The molecule has 0 saturated carbocycles. The number of rotatable bonds is 7. The molecule has 148 valence electrons. The smallest absolute Gasteiger partial charge is 0.209 e. The molecule has 0 unspecified atom stereocenters. The summed E-state index contributed by atoms with van der Waals surface area (Å²) in [6.07, 6.45) is 3.00. The van der Waals surface area contributed by atoms with Gasteiger partial charge in [0.2, 0.25) is 10.0 Å². The van der Waals surface area contributed by atoms with Crippen LogP contribution in [0.1, 0.15) is 25.0 Å². The zero-order valence-corrected chi connectivity index (χ0v) is 18.9. The number of halogens is 1. The van der Waals surface area contributed by atoms with Crippen molar-refractivity contribution >= 4 is 40.0 Å². The molecular formula is C17H29IN4O3S. The molecule has 0 spiro atoms. The van der Waals surface area contributed by atoms with Crippen molar-refractivity contribution in [1.82, 2.24) is 15.4 Å². The molecular weight excluding hydrogens is 467 g/mol. The summed E-state index contributed by atoms with van der Waals surface area (Å²) < 4.78 is 30.9. The van der Waals surface area contributed by atoms with Crippen LogP contribution in [0.2, 0.25) is 0 Å². The molecule has 3 N–H and O–H groups in total. The predicted octanol–water partition coefficient (Wildman–Crippen LogP) is 1.27. The molecule has 1 aromatic carbocycles. The van der Waals surface area contributed by atoms with Crippen LogP contribution >= 0.6 is 24.0 Å². The van der Waals surface area contributed by atoms with E-state index < -0.39 is 15.6 Å². The second-order valence-corrected chi connectivity index (χ2v) is 8.65. The molecule has 0 amide bonds. The summed E-state index contributed by atoms with van der Waals surface area (Å²) in [6.45, 7) is 5.57. The highest BCUT2D eigenvalue weighted by Gasteiger charge is 2.22. The first-order chi connectivity index (χ1) is 11.7. The van der Waals surface area contributed by atoms with E-state index >= 15 is 0 Å². The second-order valence-electron chi connectivity index (χ2n) is 6.90. The zero-order valence-electron chi connectivity index (χ0n) is 15.8. The molecule has 26 heavy (non-hydrogen) atoms. The van der Waals surface area contributed by atoms with E-state index in [9.17, 15) is 8.42 Å². The molecule has 0 bridgehead atoms. The minimum absolute atomic E-state index is 0. The quantitative estimate of drug-likeness (QED) is 0.301. The Morgan fingerprint density at radius 1 is 1.31 bits per heavy atom. The van der Waals surface area contributed by atoms with Gasteiger partial charge >= 0.3 is 0 Å². The second kappa shape index (κ2) is 9.75. The first-order valence-corrected chi connectivity index (χ1v) is 10.3. The van der Waals surface area contributed by atoms with Gasteiger partial charge in [-0.25, -0.2) is 13.1 Å². The Kier molecular flexibility index (Phi) is 8.61. The molecule has 0 aliphatic carbocycles. The van der Waals surface area contributed by atoms with E-state index in [4.69, 9.17) is 4.74 Å². The van der Waals surface area contributed by atoms with Crippen molar-refractivity contribution in [2.24, 2.45) is 4.99 Å². The zero-order chi connectivity index (χ0) is 18.5. The van der Waals surface area contributed by atoms with Gasteiger partial charge in [0.25, 0.3) is 0 Å². The van der Waals surface area contributed by atoms with Gasteiger partial charge in [-0.3, -0.25) is 4.99 Å². The first kappa shape index (κ1) is 23.0. The van der Waals surface area contributed by atoms with Gasteiger partial charge in [-0.15, -0.1) is 24.0 Å². The summed E-state index contributed by atoms with van der Waals surface area (Å²) in [5, 5.41) is 6.40. The fourth-order valence-electron chi connectivity index (χ4n) is 2.78. The van der Waals surface area contributed by atoms with E-state index in [-0.39, 0.29) is 24.0 Å². The molecule has 0 atom stereocenters. The van der Waals surface area contributed by atoms with Crippen molar-refractivity contribution < 1.29 is 13.2 Å². The summed E-state index contributed by atoms with van der Waals surface area (Å²) in [5.41, 5.74) is 1.92. The fraction of sp³-hybridized carbons (Fsp3) is 0.588. The van der Waals surface area contributed by atoms with Crippen molar-refractivity contribution in [3.8, 4) is 5.75 Å². The van der Waals surface area contributed by atoms with Gasteiger partial charge in [0.05, 0.1) is 12.9 Å². The Morgan fingerprint density at radius 3 is 2.69 bits per heavy atom. The predicted molar refractivity (Wildman–Crippen MR) is 116 cm³/mol. The van der Waals surface area contributed by atoms with Gasteiger partial charge in [0.1, 0.15) is 5.75 Å². The van der Waals surface area contributed by atoms with Gasteiger partial charge in [-0.2, -0.15) is 0 Å². The third kappa shape index (κ3) is 7.67. The summed E-state index contributed by atoms with van der Waals surface area (Å²) in [4.78, 5) is 4.17. The van der Waals surface area contributed by atoms with E-state index in [0.29, 0.717) is 12.5 Å². The van der Waals surface area contributed by atoms with Crippen LogP contribution in [0.15, 0.2) is 23.2 Å². The lowest BCUT2D eigenvalue weighted by Crippen LogP contribution is -2.53. The molecule has 0 aromatic heterocycles. The van der Waals surface area contributed by atoms with Crippen LogP contribution < -0.4 is 20.1 Å². The molecule has 2 rings (SSSR count). The van der Waals surface area contributed by atoms with Gasteiger partial charge in [0, 0.05) is 32.1 Å². The van der Waals surface area contributed by atoms with Gasteiger partial charge in [-0.1, -0.05) is 12.1 Å². The van der Waals surface area contributed by atoms with Crippen molar-refractivity contribution in [1.29, 1.82) is 0 Å². The number of hydrogen-bond acceptors (Lipinski definition) is 4. The lowest BCUT2D eigenvalue weighted by atomic mass is 10.1. The topological polar surface area (TPSA) is 91.8 Å². The molecule has 0 fully saturated rings. The maximum atomic E-state index is 11.4. The number of sulfonamides is 1. The summed E-state index contributed by atoms with van der Waals surface area (Å²) >= 11 is 0. The molecule has 1 heterocycles. The van der Waals surface area contributed by atoms with Crippen molar-refractivity contribution in [2.75, 3.05) is 33.0 Å². The number of aliphatic imine (C=N–C) groups is 1. The monoisotopic (exact) mass is 496 g/mol. The maximum Gasteiger partial charge on any atom is 0.209 e. The Morgan fingerprint density at radius 2 is 2.04 bits per heavy atom. The average molecular weight is 496 g/mol. The SMILES string of the molecule is CN=C(NCCc1ccc2c(c1)CCO2)NCC(C)(C)NS(C)(=O)=O.I. The number of nitrogens with one attached hydrogen (secondary N) is 3. The van der Waals surface area contributed by atoms with E-state index in [1.165, 1.54) is 11.1 Å². The molecule has 7 nitrogen and oxygen atoms in total. The summed E-state index contributed by atoms with van der Waals surface area (Å²) in [5.74, 6) is 1.64.